The number of nitrogens with one attached hydrogen (secondary N) is 1. The molecule has 1 unspecified atom stereocenters. The van der Waals surface area contributed by atoms with E-state index in [0.29, 0.717) is 27.7 Å². The van der Waals surface area contributed by atoms with Crippen molar-refractivity contribution in [3.63, 3.8) is 0 Å². The predicted molar refractivity (Wildman–Crippen MR) is 150 cm³/mol. The Labute approximate surface area is 232 Å². The van der Waals surface area contributed by atoms with Crippen molar-refractivity contribution in [3.8, 4) is 0 Å². The molecule has 5 rings (SSSR count). The maximum atomic E-state index is 13.7. The van der Waals surface area contributed by atoms with E-state index in [1.807, 2.05) is 43.3 Å². The van der Waals surface area contributed by atoms with Crippen LogP contribution in [0, 0.1) is 6.92 Å². The van der Waals surface area contributed by atoms with Gasteiger partial charge in [-0.25, -0.2) is 13.1 Å². The molecule has 194 valence electrons. The van der Waals surface area contributed by atoms with Crippen LogP contribution >= 0.6 is 23.2 Å². The molecule has 0 bridgehead atoms. The second-order valence-corrected chi connectivity index (χ2v) is 11.8. The summed E-state index contributed by atoms with van der Waals surface area (Å²) in [6.45, 7) is 2.14. The Morgan fingerprint density at radius 3 is 2.45 bits per heavy atom. The van der Waals surface area contributed by atoms with E-state index in [0.717, 1.165) is 28.9 Å². The number of carbonyl (C=O) groups excluding carboxylic acids is 1. The second-order valence-electron chi connectivity index (χ2n) is 9.22. The third kappa shape index (κ3) is 5.76. The summed E-state index contributed by atoms with van der Waals surface area (Å²) in [6, 6.07) is 24.0. The lowest BCUT2D eigenvalue weighted by Crippen LogP contribution is -2.31. The van der Waals surface area contributed by atoms with E-state index >= 15 is 0 Å². The van der Waals surface area contributed by atoms with Gasteiger partial charge in [-0.3, -0.25) is 9.78 Å². The number of fused-ring (bicyclic) bond motifs is 1. The van der Waals surface area contributed by atoms with E-state index in [1.54, 1.807) is 41.3 Å². The maximum Gasteiger partial charge on any atom is 0.258 e. The summed E-state index contributed by atoms with van der Waals surface area (Å²) in [6.07, 6.45) is 1.33. The lowest BCUT2D eigenvalue weighted by Gasteiger charge is -2.24. The van der Waals surface area contributed by atoms with Crippen molar-refractivity contribution in [3.05, 3.63) is 123 Å². The number of amides is 1. The highest BCUT2D eigenvalue weighted by Gasteiger charge is 2.29. The molecule has 1 heterocycles. The molecule has 1 aliphatic carbocycles. The van der Waals surface area contributed by atoms with Gasteiger partial charge in [0.15, 0.2) is 0 Å². The van der Waals surface area contributed by atoms with E-state index in [4.69, 9.17) is 23.2 Å². The molecule has 6 nitrogen and oxygen atoms in total. The highest BCUT2D eigenvalue weighted by molar-refractivity contribution is 7.89. The molecule has 0 spiro atoms. The van der Waals surface area contributed by atoms with Crippen molar-refractivity contribution in [1.29, 1.82) is 0 Å². The number of rotatable bonds is 7. The fourth-order valence-corrected chi connectivity index (χ4v) is 6.42. The molecule has 0 saturated carbocycles. The van der Waals surface area contributed by atoms with Gasteiger partial charge in [-0.15, -0.1) is 0 Å². The maximum absolute atomic E-state index is 13.7. The van der Waals surface area contributed by atoms with Crippen LogP contribution in [0.5, 0.6) is 0 Å². The Bertz CT molecular complexity index is 1630. The van der Waals surface area contributed by atoms with Crippen LogP contribution in [0.25, 0.3) is 0 Å². The third-order valence-corrected chi connectivity index (χ3v) is 8.45. The topological polar surface area (TPSA) is 79.4 Å². The number of aryl methyl sites for hydroxylation is 2. The van der Waals surface area contributed by atoms with Crippen LogP contribution in [0.15, 0.2) is 89.8 Å². The summed E-state index contributed by atoms with van der Waals surface area (Å²) in [5, 5.41) is 0.816. The van der Waals surface area contributed by atoms with E-state index in [2.05, 4.69) is 9.71 Å². The van der Waals surface area contributed by atoms with Crippen molar-refractivity contribution in [1.82, 2.24) is 9.71 Å². The molecule has 0 aliphatic heterocycles. The molecule has 0 fully saturated rings. The first-order chi connectivity index (χ1) is 18.2. The molecule has 1 N–H and O–H groups in total. The first-order valence-electron chi connectivity index (χ1n) is 12.1. The third-order valence-electron chi connectivity index (χ3n) is 6.51. The molecule has 1 atom stereocenters. The van der Waals surface area contributed by atoms with Crippen LogP contribution in [0.4, 0.5) is 5.69 Å². The number of carbonyl (C=O) groups is 1. The quantitative estimate of drug-likeness (QED) is 0.277. The number of pyridine rings is 1. The summed E-state index contributed by atoms with van der Waals surface area (Å²) < 4.78 is 29.1. The van der Waals surface area contributed by atoms with E-state index < -0.39 is 16.1 Å². The second kappa shape index (κ2) is 10.9. The van der Waals surface area contributed by atoms with Crippen LogP contribution < -0.4 is 9.62 Å². The molecule has 1 aliphatic rings. The van der Waals surface area contributed by atoms with Gasteiger partial charge >= 0.3 is 0 Å². The molecule has 38 heavy (non-hydrogen) atoms. The van der Waals surface area contributed by atoms with Gasteiger partial charge in [0, 0.05) is 33.0 Å². The summed E-state index contributed by atoms with van der Waals surface area (Å²) in [4.78, 5) is 20.1. The minimum atomic E-state index is -3.80. The summed E-state index contributed by atoms with van der Waals surface area (Å²) in [5.74, 6) is -0.232. The summed E-state index contributed by atoms with van der Waals surface area (Å²) >= 11 is 12.2. The van der Waals surface area contributed by atoms with Gasteiger partial charge in [0.1, 0.15) is 0 Å². The number of aromatic nitrogens is 1. The van der Waals surface area contributed by atoms with E-state index in [1.165, 1.54) is 12.1 Å². The zero-order valence-corrected chi connectivity index (χ0v) is 22.9. The Morgan fingerprint density at radius 1 is 0.974 bits per heavy atom. The number of nitrogens with zero attached hydrogens (tertiary/aromatic N) is 2. The molecule has 9 heteroatoms. The molecule has 4 aromatic rings. The van der Waals surface area contributed by atoms with E-state index in [9.17, 15) is 13.2 Å². The van der Waals surface area contributed by atoms with Crippen molar-refractivity contribution >= 4 is 44.8 Å². The Balaban J connectivity index is 1.50. The highest BCUT2D eigenvalue weighted by Crippen LogP contribution is 2.36. The van der Waals surface area contributed by atoms with Crippen LogP contribution in [0.3, 0.4) is 0 Å². The SMILES string of the molecule is Cc1cccc(CN(C(=O)c2cccc(Cl)c2)c2ccc3c(c2)C(NS(=O)(=O)c2cccc(Cl)c2)CC3)n1. The number of hydrogen-bond donors (Lipinski definition) is 1. The monoisotopic (exact) mass is 565 g/mol. The van der Waals surface area contributed by atoms with Crippen LogP contribution in [0.1, 0.15) is 45.3 Å². The standard InChI is InChI=1S/C29H25Cl2N3O3S/c1-19-5-2-9-24(32-19)18-34(29(35)21-6-3-7-22(30)15-21)25-13-11-20-12-14-28(27(20)17-25)33-38(36,37)26-10-4-8-23(31)16-26/h2-11,13,15-17,28,33H,12,14,18H2,1H3. The summed E-state index contributed by atoms with van der Waals surface area (Å²) in [5.41, 5.74) is 4.56. The van der Waals surface area contributed by atoms with Crippen molar-refractivity contribution in [2.75, 3.05) is 4.90 Å². The van der Waals surface area contributed by atoms with Gasteiger partial charge in [0.05, 0.1) is 17.1 Å². The number of halogens is 2. The molecular formula is C29H25Cl2N3O3S. The Morgan fingerprint density at radius 2 is 1.71 bits per heavy atom. The van der Waals surface area contributed by atoms with Crippen molar-refractivity contribution in [2.24, 2.45) is 0 Å². The average Bonchev–Trinajstić information content (AvgIpc) is 3.28. The smallest absolute Gasteiger partial charge is 0.258 e. The van der Waals surface area contributed by atoms with Crippen LogP contribution in [-0.4, -0.2) is 19.3 Å². The average molecular weight is 567 g/mol. The molecular weight excluding hydrogens is 541 g/mol. The van der Waals surface area contributed by atoms with Crippen LogP contribution in [0.2, 0.25) is 10.0 Å². The summed E-state index contributed by atoms with van der Waals surface area (Å²) in [7, 11) is -3.80. The normalized spacial score (nSPS) is 14.8. The van der Waals surface area contributed by atoms with Gasteiger partial charge < -0.3 is 4.90 Å². The molecule has 0 radical (unpaired) electrons. The Kier molecular flexibility index (Phi) is 7.54. The number of benzene rings is 3. The van der Waals surface area contributed by atoms with Crippen LogP contribution in [-0.2, 0) is 23.0 Å². The zero-order valence-electron chi connectivity index (χ0n) is 20.6. The van der Waals surface area contributed by atoms with Crippen molar-refractivity contribution < 1.29 is 13.2 Å². The van der Waals surface area contributed by atoms with Gasteiger partial charge in [-0.1, -0.05) is 47.5 Å². The van der Waals surface area contributed by atoms with Gasteiger partial charge in [-0.05, 0) is 91.6 Å². The first-order valence-corrected chi connectivity index (χ1v) is 14.3. The minimum Gasteiger partial charge on any atom is -0.302 e. The molecule has 1 amide bonds. The largest absolute Gasteiger partial charge is 0.302 e. The van der Waals surface area contributed by atoms with Gasteiger partial charge in [-0.2, -0.15) is 0 Å². The molecule has 1 aromatic heterocycles. The van der Waals surface area contributed by atoms with E-state index in [-0.39, 0.29) is 17.3 Å². The van der Waals surface area contributed by atoms with Gasteiger partial charge in [0.2, 0.25) is 10.0 Å². The van der Waals surface area contributed by atoms with Crippen molar-refractivity contribution in [2.45, 2.75) is 37.2 Å². The zero-order chi connectivity index (χ0) is 26.9. The Hall–Kier alpha value is -3.23. The minimum absolute atomic E-state index is 0.109. The molecule has 0 saturated heterocycles. The molecule has 3 aromatic carbocycles. The number of sulfonamides is 1. The lowest BCUT2D eigenvalue weighted by atomic mass is 10.1. The number of anilines is 1. The predicted octanol–water partition coefficient (Wildman–Crippen LogP) is 6.51. The van der Waals surface area contributed by atoms with Gasteiger partial charge in [0.25, 0.3) is 5.91 Å². The highest BCUT2D eigenvalue weighted by atomic mass is 35.5. The lowest BCUT2D eigenvalue weighted by molar-refractivity contribution is 0.0984. The fraction of sp³-hybridized carbons (Fsp3) is 0.172. The first kappa shape index (κ1) is 26.4. The number of hydrogen-bond acceptors (Lipinski definition) is 4. The fourth-order valence-electron chi connectivity index (χ4n) is 4.68.